The van der Waals surface area contributed by atoms with Gasteiger partial charge in [-0.1, -0.05) is 12.1 Å². The first-order valence-corrected chi connectivity index (χ1v) is 11.1. The maximum atomic E-state index is 11.1. The third-order valence-corrected chi connectivity index (χ3v) is 5.97. The fraction of sp³-hybridized carbons (Fsp3) is 0.353. The van der Waals surface area contributed by atoms with Crippen molar-refractivity contribution < 1.29 is 17.7 Å². The molecule has 14 heteroatoms. The second-order valence-corrected chi connectivity index (χ2v) is 8.72. The number of aromatic nitrogens is 4. The van der Waals surface area contributed by atoms with Crippen molar-refractivity contribution in [1.82, 2.24) is 25.7 Å². The highest BCUT2D eigenvalue weighted by Crippen LogP contribution is 2.39. The molecule has 5 rings (SSSR count). The molecule has 1 aliphatic carbocycles. The number of nitrogens with one attached hydrogen (secondary N) is 4. The third kappa shape index (κ3) is 3.86. The number of rotatable bonds is 6. The average Bonchev–Trinajstić information content (AvgIpc) is 3.43. The summed E-state index contributed by atoms with van der Waals surface area (Å²) in [5.41, 5.74) is 7.65. The lowest BCUT2D eigenvalue weighted by atomic mass is 10.1. The first kappa shape index (κ1) is 19.9. The van der Waals surface area contributed by atoms with Crippen LogP contribution < -0.4 is 26.4 Å². The Morgan fingerprint density at radius 1 is 1.26 bits per heavy atom. The molecule has 3 atom stereocenters. The molecule has 3 heterocycles. The van der Waals surface area contributed by atoms with E-state index in [1.807, 2.05) is 24.3 Å². The monoisotopic (exact) mass is 447 g/mol. The maximum Gasteiger partial charge on any atom is 0.333 e. The zero-order chi connectivity index (χ0) is 21.6. The van der Waals surface area contributed by atoms with Crippen molar-refractivity contribution in [3.8, 4) is 0 Å². The molecule has 2 aromatic heterocycles. The number of anilines is 4. The highest BCUT2D eigenvalue weighted by atomic mass is 32.2. The van der Waals surface area contributed by atoms with E-state index in [1.54, 1.807) is 5.01 Å². The summed E-state index contributed by atoms with van der Waals surface area (Å²) in [6.45, 7) is -0.173. The summed E-state index contributed by atoms with van der Waals surface area (Å²) in [5, 5.41) is 28.5. The minimum Gasteiger partial charge on any atom is -0.393 e. The first-order chi connectivity index (χ1) is 14.9. The Bertz CT molecular complexity index is 1220. The number of benzene rings is 1. The quantitative estimate of drug-likeness (QED) is 0.301. The Hall–Kier alpha value is -3.04. The van der Waals surface area contributed by atoms with Crippen LogP contribution in [-0.4, -0.2) is 52.4 Å². The van der Waals surface area contributed by atoms with Gasteiger partial charge in [0, 0.05) is 11.3 Å². The van der Waals surface area contributed by atoms with Crippen LogP contribution >= 0.6 is 0 Å². The number of aromatic amines is 1. The van der Waals surface area contributed by atoms with Gasteiger partial charge < -0.3 is 10.4 Å². The van der Waals surface area contributed by atoms with Crippen LogP contribution in [0.2, 0.25) is 0 Å². The number of aliphatic hydroxyl groups excluding tert-OH is 1. The molecule has 1 saturated carbocycles. The molecule has 1 aliphatic heterocycles. The molecule has 2 aliphatic rings. The molecule has 1 fully saturated rings. The molecule has 0 amide bonds. The van der Waals surface area contributed by atoms with Gasteiger partial charge >= 0.3 is 10.3 Å². The summed E-state index contributed by atoms with van der Waals surface area (Å²) in [7, 11) is -4.06. The Morgan fingerprint density at radius 2 is 2.10 bits per heavy atom. The number of nitrogens with two attached hydrogens (primary N) is 1. The van der Waals surface area contributed by atoms with Crippen molar-refractivity contribution in [2.24, 2.45) is 11.1 Å². The highest BCUT2D eigenvalue weighted by Gasteiger charge is 2.40. The molecule has 0 saturated heterocycles. The number of aliphatic hydroxyl groups is 1. The number of hydrazine groups is 2. The molecule has 0 spiro atoms. The van der Waals surface area contributed by atoms with E-state index in [4.69, 9.17) is 5.14 Å². The molecule has 3 unspecified atom stereocenters. The van der Waals surface area contributed by atoms with Crippen molar-refractivity contribution in [3.05, 3.63) is 30.6 Å². The molecule has 7 N–H and O–H groups in total. The molecule has 3 aromatic rings. The summed E-state index contributed by atoms with van der Waals surface area (Å²) in [6, 6.07) is 7.58. The van der Waals surface area contributed by atoms with Crippen LogP contribution in [0.3, 0.4) is 0 Å². The van der Waals surface area contributed by atoms with E-state index >= 15 is 0 Å². The first-order valence-electron chi connectivity index (χ1n) is 9.60. The Balaban J connectivity index is 1.35. The predicted molar refractivity (Wildman–Crippen MR) is 112 cm³/mol. The third-order valence-electron chi connectivity index (χ3n) is 5.51. The second-order valence-electron chi connectivity index (χ2n) is 7.50. The summed E-state index contributed by atoms with van der Waals surface area (Å²) in [5.74, 6) is 1.39. The van der Waals surface area contributed by atoms with E-state index < -0.39 is 16.4 Å². The van der Waals surface area contributed by atoms with Crippen LogP contribution in [0, 0.1) is 5.92 Å². The standard InChI is InChI=1S/C17H21N9O4S/c18-31(28,29)30-7-9-5-10(6-13(9)27)26-17-14(23-25-26)16(19-8-20-17)21-15-11-3-1-2-4-12(11)22-24-15/h1-4,8-10,13,23,25,27H,5-7H2,(H2,18,28,29)(H2,19,20,21,22,24). The van der Waals surface area contributed by atoms with Gasteiger partial charge in [0.1, 0.15) is 12.0 Å². The smallest absolute Gasteiger partial charge is 0.333 e. The van der Waals surface area contributed by atoms with Crippen LogP contribution in [0.15, 0.2) is 30.6 Å². The normalized spacial score (nSPS) is 23.2. The number of fused-ring (bicyclic) bond motifs is 2. The van der Waals surface area contributed by atoms with Gasteiger partial charge in [0.2, 0.25) is 0 Å². The zero-order valence-corrected chi connectivity index (χ0v) is 17.0. The van der Waals surface area contributed by atoms with E-state index in [0.29, 0.717) is 36.0 Å². The molecule has 13 nitrogen and oxygen atoms in total. The van der Waals surface area contributed by atoms with Gasteiger partial charge in [0.15, 0.2) is 17.5 Å². The average molecular weight is 447 g/mol. The van der Waals surface area contributed by atoms with Gasteiger partial charge in [-0.25, -0.2) is 15.1 Å². The molecule has 0 radical (unpaired) electrons. The summed E-state index contributed by atoms with van der Waals surface area (Å²) in [6.07, 6.45) is 1.60. The lowest BCUT2D eigenvalue weighted by Gasteiger charge is -2.24. The SMILES string of the molecule is NS(=O)(=O)OCC1CC(N2NNc3c(Nc4n[nH]c5ccccc45)ncnc32)CC1O. The van der Waals surface area contributed by atoms with Gasteiger partial charge in [-0.3, -0.25) is 19.7 Å². The number of hydrogen-bond donors (Lipinski definition) is 6. The van der Waals surface area contributed by atoms with E-state index in [2.05, 4.69) is 40.6 Å². The minimum absolute atomic E-state index is 0.146. The number of nitrogens with zero attached hydrogens (tertiary/aromatic N) is 4. The van der Waals surface area contributed by atoms with Crippen LogP contribution in [-0.2, 0) is 14.5 Å². The second kappa shape index (κ2) is 7.58. The van der Waals surface area contributed by atoms with Crippen molar-refractivity contribution in [2.75, 3.05) is 22.4 Å². The van der Waals surface area contributed by atoms with Crippen molar-refractivity contribution in [1.29, 1.82) is 0 Å². The van der Waals surface area contributed by atoms with Crippen LogP contribution in [0.5, 0.6) is 0 Å². The van der Waals surface area contributed by atoms with Gasteiger partial charge in [-0.05, 0) is 25.0 Å². The van der Waals surface area contributed by atoms with Gasteiger partial charge in [0.05, 0.1) is 24.3 Å². The van der Waals surface area contributed by atoms with E-state index in [1.165, 1.54) is 6.33 Å². The lowest BCUT2D eigenvalue weighted by Crippen LogP contribution is -2.43. The highest BCUT2D eigenvalue weighted by molar-refractivity contribution is 7.84. The predicted octanol–water partition coefficient (Wildman–Crippen LogP) is 0.108. The van der Waals surface area contributed by atoms with Gasteiger partial charge in [-0.15, -0.1) is 5.53 Å². The number of H-pyrrole nitrogens is 1. The van der Waals surface area contributed by atoms with E-state index in [-0.39, 0.29) is 18.6 Å². The van der Waals surface area contributed by atoms with E-state index in [9.17, 15) is 13.5 Å². The van der Waals surface area contributed by atoms with Crippen LogP contribution in [0.25, 0.3) is 10.9 Å². The molecule has 164 valence electrons. The zero-order valence-electron chi connectivity index (χ0n) is 16.2. The molecule has 1 aromatic carbocycles. The fourth-order valence-corrected chi connectivity index (χ4v) is 4.38. The number of hydrogen-bond acceptors (Lipinski definition) is 11. The lowest BCUT2D eigenvalue weighted by molar-refractivity contribution is 0.101. The maximum absolute atomic E-state index is 11.1. The summed E-state index contributed by atoms with van der Waals surface area (Å²) in [4.78, 5) is 8.69. The van der Waals surface area contributed by atoms with Crippen molar-refractivity contribution >= 4 is 44.3 Å². The summed E-state index contributed by atoms with van der Waals surface area (Å²) < 4.78 is 26.8. The fourth-order valence-electron chi connectivity index (χ4n) is 4.02. The topological polar surface area (TPSA) is 183 Å². The van der Waals surface area contributed by atoms with Crippen molar-refractivity contribution in [2.45, 2.75) is 25.0 Å². The van der Waals surface area contributed by atoms with Gasteiger partial charge in [0.25, 0.3) is 0 Å². The number of para-hydroxylation sites is 1. The van der Waals surface area contributed by atoms with E-state index in [0.717, 1.165) is 10.9 Å². The van der Waals surface area contributed by atoms with Crippen LogP contribution in [0.1, 0.15) is 12.8 Å². The molecule has 0 bridgehead atoms. The Labute approximate surface area is 177 Å². The molecular formula is C17H21N9O4S. The molecule has 31 heavy (non-hydrogen) atoms. The van der Waals surface area contributed by atoms with Gasteiger partial charge in [-0.2, -0.15) is 13.5 Å². The largest absolute Gasteiger partial charge is 0.393 e. The summed E-state index contributed by atoms with van der Waals surface area (Å²) >= 11 is 0. The Morgan fingerprint density at radius 3 is 2.94 bits per heavy atom. The van der Waals surface area contributed by atoms with Crippen molar-refractivity contribution in [3.63, 3.8) is 0 Å². The van der Waals surface area contributed by atoms with Crippen LogP contribution in [0.4, 0.5) is 23.1 Å². The Kier molecular flexibility index (Phi) is 4.86. The molecular weight excluding hydrogens is 426 g/mol. The minimum atomic E-state index is -4.06.